The highest BCUT2D eigenvalue weighted by molar-refractivity contribution is 5.84. The molecular weight excluding hydrogens is 158 g/mol. The van der Waals surface area contributed by atoms with Gasteiger partial charge in [-0.15, -0.1) is 6.58 Å². The van der Waals surface area contributed by atoms with Crippen molar-refractivity contribution in [3.63, 3.8) is 0 Å². The van der Waals surface area contributed by atoms with E-state index in [1.165, 1.54) is 6.08 Å². The molecule has 0 aliphatic carbocycles. The molecule has 1 atom stereocenters. The molecule has 0 heterocycles. The van der Waals surface area contributed by atoms with Crippen molar-refractivity contribution in [3.8, 4) is 0 Å². The minimum atomic E-state index is -0.868. The molecule has 1 unspecified atom stereocenters. The molecule has 0 aliphatic rings. The topological polar surface area (TPSA) is 90.7 Å². The Morgan fingerprint density at radius 3 is 2.42 bits per heavy atom. The Kier molecular flexibility index (Phi) is 4.21. The number of rotatable bonds is 4. The highest BCUT2D eigenvalue weighted by atomic mass is 16.5. The highest BCUT2D eigenvalue weighted by Crippen LogP contribution is 1.95. The molecule has 5 heteroatoms. The lowest BCUT2D eigenvalue weighted by Gasteiger charge is -2.03. The van der Waals surface area contributed by atoms with Gasteiger partial charge in [-0.2, -0.15) is 0 Å². The van der Waals surface area contributed by atoms with Crippen LogP contribution < -0.4 is 11.5 Å². The molecule has 0 aromatic heterocycles. The lowest BCUT2D eigenvalue weighted by Crippen LogP contribution is -2.28. The van der Waals surface area contributed by atoms with Crippen LogP contribution in [-0.2, 0) is 9.53 Å². The predicted octanol–water partition coefficient (Wildman–Crippen LogP) is -0.499. The van der Waals surface area contributed by atoms with Gasteiger partial charge in [-0.25, -0.2) is 9.79 Å². The van der Waals surface area contributed by atoms with Gasteiger partial charge >= 0.3 is 5.97 Å². The number of hydrogen-bond donors (Lipinski definition) is 2. The normalized spacial score (nSPS) is 11.0. The van der Waals surface area contributed by atoms with Gasteiger partial charge in [0.05, 0.1) is 6.26 Å². The molecule has 0 spiro atoms. The zero-order chi connectivity index (χ0) is 9.56. The maximum Gasteiger partial charge on any atom is 0.339 e. The molecule has 66 valence electrons. The predicted molar refractivity (Wildman–Crippen MR) is 46.1 cm³/mol. The fraction of sp³-hybridized carbons (Fsp3) is 0.143. The van der Waals surface area contributed by atoms with E-state index in [0.29, 0.717) is 0 Å². The molecule has 0 amide bonds. The Labute approximate surface area is 70.4 Å². The maximum atomic E-state index is 10.9. The number of carbonyl (C=O) groups excluding carboxylic acids is 1. The van der Waals surface area contributed by atoms with E-state index in [2.05, 4.69) is 22.9 Å². The number of nitrogens with zero attached hydrogens (tertiary/aromatic N) is 1. The van der Waals surface area contributed by atoms with Crippen molar-refractivity contribution in [1.29, 1.82) is 0 Å². The van der Waals surface area contributed by atoms with Gasteiger partial charge in [-0.1, -0.05) is 12.7 Å². The van der Waals surface area contributed by atoms with Crippen molar-refractivity contribution in [2.45, 2.75) is 6.04 Å². The first-order chi connectivity index (χ1) is 5.61. The van der Waals surface area contributed by atoms with Gasteiger partial charge in [0.25, 0.3) is 0 Å². The zero-order valence-corrected chi connectivity index (χ0v) is 6.56. The Morgan fingerprint density at radius 2 is 2.08 bits per heavy atom. The van der Waals surface area contributed by atoms with E-state index < -0.39 is 12.0 Å². The minimum absolute atomic E-state index is 0.194. The summed E-state index contributed by atoms with van der Waals surface area (Å²) in [4.78, 5) is 14.5. The average Bonchev–Trinajstić information content (AvgIpc) is 2.00. The van der Waals surface area contributed by atoms with Crippen LogP contribution in [0.2, 0.25) is 0 Å². The summed E-state index contributed by atoms with van der Waals surface area (Å²) in [5, 5.41) is 0. The van der Waals surface area contributed by atoms with Crippen molar-refractivity contribution >= 4 is 11.9 Å². The average molecular weight is 169 g/mol. The van der Waals surface area contributed by atoms with Crippen molar-refractivity contribution in [1.82, 2.24) is 0 Å². The van der Waals surface area contributed by atoms with Crippen molar-refractivity contribution in [2.24, 2.45) is 16.5 Å². The van der Waals surface area contributed by atoms with E-state index in [4.69, 9.17) is 11.5 Å². The number of guanidine groups is 1. The third-order valence-electron chi connectivity index (χ3n) is 0.952. The molecule has 0 saturated heterocycles. The first kappa shape index (κ1) is 10.2. The smallest absolute Gasteiger partial charge is 0.339 e. The lowest BCUT2D eigenvalue weighted by molar-refractivity contribution is -0.138. The highest BCUT2D eigenvalue weighted by Gasteiger charge is 2.13. The van der Waals surface area contributed by atoms with Crippen molar-refractivity contribution in [2.75, 3.05) is 0 Å². The number of carbonyl (C=O) groups is 1. The summed E-state index contributed by atoms with van der Waals surface area (Å²) < 4.78 is 4.43. The Hall–Kier alpha value is -1.78. The summed E-state index contributed by atoms with van der Waals surface area (Å²) in [5.41, 5.74) is 10.1. The standard InChI is InChI=1S/C7H11N3O2/c1-3-5(10-7(8)9)6(11)12-4-2/h3-5H,1-2H2,(H4,8,9,10). The largest absolute Gasteiger partial charge is 0.433 e. The number of nitrogens with two attached hydrogens (primary N) is 2. The van der Waals surface area contributed by atoms with E-state index in [1.54, 1.807) is 0 Å². The van der Waals surface area contributed by atoms with E-state index >= 15 is 0 Å². The third kappa shape index (κ3) is 3.40. The number of ether oxygens (including phenoxy) is 1. The van der Waals surface area contributed by atoms with Gasteiger partial charge < -0.3 is 16.2 Å². The van der Waals surface area contributed by atoms with Crippen LogP contribution in [0.15, 0.2) is 30.5 Å². The second-order valence-corrected chi connectivity index (χ2v) is 1.84. The van der Waals surface area contributed by atoms with E-state index in [0.717, 1.165) is 6.26 Å². The monoisotopic (exact) mass is 169 g/mol. The first-order valence-corrected chi connectivity index (χ1v) is 3.14. The quantitative estimate of drug-likeness (QED) is 0.195. The van der Waals surface area contributed by atoms with Crippen LogP contribution in [0.3, 0.4) is 0 Å². The lowest BCUT2D eigenvalue weighted by atomic mass is 10.3. The fourth-order valence-electron chi connectivity index (χ4n) is 0.514. The van der Waals surface area contributed by atoms with Crippen LogP contribution in [0, 0.1) is 0 Å². The van der Waals surface area contributed by atoms with Gasteiger partial charge in [0.2, 0.25) is 0 Å². The summed E-state index contributed by atoms with van der Waals surface area (Å²) in [6, 6.07) is -0.868. The van der Waals surface area contributed by atoms with Crippen molar-refractivity contribution < 1.29 is 9.53 Å². The van der Waals surface area contributed by atoms with Crippen LogP contribution in [-0.4, -0.2) is 18.0 Å². The molecular formula is C7H11N3O2. The molecule has 0 aromatic rings. The maximum absolute atomic E-state index is 10.9. The van der Waals surface area contributed by atoms with E-state index in [9.17, 15) is 4.79 Å². The number of hydrogen-bond acceptors (Lipinski definition) is 3. The van der Waals surface area contributed by atoms with Crippen LogP contribution in [0.25, 0.3) is 0 Å². The summed E-state index contributed by atoms with van der Waals surface area (Å²) in [7, 11) is 0. The Morgan fingerprint density at radius 1 is 1.50 bits per heavy atom. The van der Waals surface area contributed by atoms with E-state index in [-0.39, 0.29) is 5.96 Å². The van der Waals surface area contributed by atoms with Crippen LogP contribution in [0.1, 0.15) is 0 Å². The second kappa shape index (κ2) is 4.95. The van der Waals surface area contributed by atoms with Gasteiger partial charge in [0.1, 0.15) is 0 Å². The molecule has 0 saturated carbocycles. The first-order valence-electron chi connectivity index (χ1n) is 3.14. The summed E-state index contributed by atoms with van der Waals surface area (Å²) >= 11 is 0. The third-order valence-corrected chi connectivity index (χ3v) is 0.952. The fourth-order valence-corrected chi connectivity index (χ4v) is 0.514. The SMILES string of the molecule is C=COC(=O)C(C=C)N=C(N)N. The van der Waals surface area contributed by atoms with Crippen LogP contribution in [0.4, 0.5) is 0 Å². The Balaban J connectivity index is 4.34. The zero-order valence-electron chi connectivity index (χ0n) is 6.56. The molecule has 0 bridgehead atoms. The molecule has 0 radical (unpaired) electrons. The molecule has 0 aliphatic heterocycles. The van der Waals surface area contributed by atoms with Gasteiger partial charge in [-0.05, 0) is 0 Å². The Bertz CT molecular complexity index is 219. The van der Waals surface area contributed by atoms with Gasteiger partial charge in [0, 0.05) is 0 Å². The number of esters is 1. The van der Waals surface area contributed by atoms with E-state index in [1.807, 2.05) is 0 Å². The minimum Gasteiger partial charge on any atom is -0.433 e. The molecule has 12 heavy (non-hydrogen) atoms. The van der Waals surface area contributed by atoms with Crippen molar-refractivity contribution in [3.05, 3.63) is 25.5 Å². The summed E-state index contributed by atoms with van der Waals surface area (Å²) in [6.07, 6.45) is 2.27. The molecule has 5 nitrogen and oxygen atoms in total. The number of aliphatic imine (C=N–C) groups is 1. The molecule has 0 aromatic carbocycles. The summed E-state index contributed by atoms with van der Waals surface area (Å²) in [6.45, 7) is 6.57. The van der Waals surface area contributed by atoms with Crippen LogP contribution >= 0.6 is 0 Å². The van der Waals surface area contributed by atoms with Gasteiger partial charge in [-0.3, -0.25) is 0 Å². The summed E-state index contributed by atoms with van der Waals surface area (Å²) in [5.74, 6) is -0.811. The van der Waals surface area contributed by atoms with Gasteiger partial charge in [0.15, 0.2) is 12.0 Å². The molecule has 0 fully saturated rings. The van der Waals surface area contributed by atoms with Crippen LogP contribution in [0.5, 0.6) is 0 Å². The molecule has 0 rings (SSSR count). The second-order valence-electron chi connectivity index (χ2n) is 1.84. The molecule has 4 N–H and O–H groups in total.